The molecule has 0 unspecified atom stereocenters. The maximum atomic E-state index is 11.9. The van der Waals surface area contributed by atoms with E-state index in [0.29, 0.717) is 11.3 Å². The largest absolute Gasteiger partial charge is 0.496 e. The molecular formula is C13H19NO2. The fraction of sp³-hybridized carbons (Fsp3) is 0.462. The topological polar surface area (TPSA) is 52.3 Å². The van der Waals surface area contributed by atoms with Gasteiger partial charge in [-0.3, -0.25) is 4.79 Å². The zero-order chi connectivity index (χ0) is 12.3. The first kappa shape index (κ1) is 12.7. The minimum Gasteiger partial charge on any atom is -0.496 e. The van der Waals surface area contributed by atoms with E-state index in [9.17, 15) is 4.79 Å². The van der Waals surface area contributed by atoms with Crippen molar-refractivity contribution in [3.8, 4) is 5.75 Å². The van der Waals surface area contributed by atoms with Crippen molar-refractivity contribution in [3.63, 3.8) is 0 Å². The standard InChI is InChI=1S/C13H19NO2/c1-8(2)10-6-5-9(3)13(16-4)12(10)11(15)7-14/h5-6,8H,7,14H2,1-4H3. The molecule has 1 aromatic carbocycles. The van der Waals surface area contributed by atoms with Gasteiger partial charge in [0.15, 0.2) is 5.78 Å². The number of nitrogens with two attached hydrogens (primary N) is 1. The summed E-state index contributed by atoms with van der Waals surface area (Å²) < 4.78 is 5.31. The summed E-state index contributed by atoms with van der Waals surface area (Å²) in [6.07, 6.45) is 0. The first-order valence-corrected chi connectivity index (χ1v) is 5.43. The second-order valence-corrected chi connectivity index (χ2v) is 4.16. The molecule has 0 atom stereocenters. The highest BCUT2D eigenvalue weighted by molar-refractivity contribution is 6.02. The molecule has 16 heavy (non-hydrogen) atoms. The molecule has 0 spiro atoms. The summed E-state index contributed by atoms with van der Waals surface area (Å²) in [7, 11) is 1.58. The number of benzene rings is 1. The molecule has 0 radical (unpaired) electrons. The lowest BCUT2D eigenvalue weighted by Gasteiger charge is -2.17. The molecule has 3 nitrogen and oxygen atoms in total. The van der Waals surface area contributed by atoms with Crippen LogP contribution in [-0.4, -0.2) is 19.4 Å². The highest BCUT2D eigenvalue weighted by Crippen LogP contribution is 2.31. The maximum Gasteiger partial charge on any atom is 0.180 e. The minimum absolute atomic E-state index is 0.0134. The third-order valence-electron chi connectivity index (χ3n) is 2.68. The van der Waals surface area contributed by atoms with Crippen LogP contribution in [0.2, 0.25) is 0 Å². The van der Waals surface area contributed by atoms with Crippen molar-refractivity contribution in [2.24, 2.45) is 5.73 Å². The molecule has 2 N–H and O–H groups in total. The van der Waals surface area contributed by atoms with Crippen LogP contribution in [0.5, 0.6) is 5.75 Å². The quantitative estimate of drug-likeness (QED) is 0.793. The maximum absolute atomic E-state index is 11.9. The van der Waals surface area contributed by atoms with Gasteiger partial charge in [-0.2, -0.15) is 0 Å². The van der Waals surface area contributed by atoms with Crippen LogP contribution < -0.4 is 10.5 Å². The van der Waals surface area contributed by atoms with E-state index >= 15 is 0 Å². The number of hydrogen-bond acceptors (Lipinski definition) is 3. The molecule has 0 heterocycles. The van der Waals surface area contributed by atoms with Crippen LogP contribution in [0.25, 0.3) is 0 Å². The third kappa shape index (κ3) is 2.25. The Balaban J connectivity index is 3.47. The SMILES string of the molecule is COc1c(C)ccc(C(C)C)c1C(=O)CN. The second kappa shape index (κ2) is 5.12. The molecule has 0 saturated carbocycles. The number of ketones is 1. The molecule has 0 bridgehead atoms. The summed E-state index contributed by atoms with van der Waals surface area (Å²) in [5, 5.41) is 0. The fourth-order valence-electron chi connectivity index (χ4n) is 1.84. The lowest BCUT2D eigenvalue weighted by molar-refractivity contribution is 0.0997. The number of Topliss-reactive ketones (excluding diaryl/α,β-unsaturated/α-hetero) is 1. The molecule has 0 aliphatic heterocycles. The zero-order valence-corrected chi connectivity index (χ0v) is 10.3. The van der Waals surface area contributed by atoms with Gasteiger partial charge in [-0.15, -0.1) is 0 Å². The van der Waals surface area contributed by atoms with E-state index in [2.05, 4.69) is 13.8 Å². The van der Waals surface area contributed by atoms with Crippen molar-refractivity contribution in [3.05, 3.63) is 28.8 Å². The Labute approximate surface area is 96.6 Å². The van der Waals surface area contributed by atoms with Gasteiger partial charge in [0.25, 0.3) is 0 Å². The Kier molecular flexibility index (Phi) is 4.07. The van der Waals surface area contributed by atoms with Gasteiger partial charge in [0.1, 0.15) is 5.75 Å². The van der Waals surface area contributed by atoms with Gasteiger partial charge in [-0.05, 0) is 24.0 Å². The predicted octanol–water partition coefficient (Wildman–Crippen LogP) is 2.27. The molecule has 1 rings (SSSR count). The number of aryl methyl sites for hydroxylation is 1. The average Bonchev–Trinajstić information content (AvgIpc) is 2.27. The molecule has 88 valence electrons. The Morgan fingerprint density at radius 3 is 2.50 bits per heavy atom. The highest BCUT2D eigenvalue weighted by Gasteiger charge is 2.19. The lowest BCUT2D eigenvalue weighted by atomic mass is 9.92. The summed E-state index contributed by atoms with van der Waals surface area (Å²) >= 11 is 0. The van der Waals surface area contributed by atoms with Crippen molar-refractivity contribution in [2.75, 3.05) is 13.7 Å². The molecule has 0 amide bonds. The monoisotopic (exact) mass is 221 g/mol. The zero-order valence-electron chi connectivity index (χ0n) is 10.3. The predicted molar refractivity (Wildman–Crippen MR) is 65.2 cm³/mol. The number of carbonyl (C=O) groups is 1. The highest BCUT2D eigenvalue weighted by atomic mass is 16.5. The molecule has 0 aliphatic rings. The van der Waals surface area contributed by atoms with Crippen molar-refractivity contribution in [1.29, 1.82) is 0 Å². The van der Waals surface area contributed by atoms with Crippen LogP contribution in [-0.2, 0) is 0 Å². The van der Waals surface area contributed by atoms with E-state index in [1.54, 1.807) is 7.11 Å². The minimum atomic E-state index is -0.0655. The molecule has 0 fully saturated rings. The van der Waals surface area contributed by atoms with E-state index < -0.39 is 0 Å². The van der Waals surface area contributed by atoms with Gasteiger partial charge in [0.05, 0.1) is 19.2 Å². The van der Waals surface area contributed by atoms with Crippen molar-refractivity contribution in [1.82, 2.24) is 0 Å². The van der Waals surface area contributed by atoms with E-state index in [1.165, 1.54) is 0 Å². The molecule has 1 aromatic rings. The van der Waals surface area contributed by atoms with Crippen molar-refractivity contribution < 1.29 is 9.53 Å². The number of rotatable bonds is 4. The molecule has 0 aliphatic carbocycles. The molecule has 0 aromatic heterocycles. The van der Waals surface area contributed by atoms with Crippen molar-refractivity contribution in [2.45, 2.75) is 26.7 Å². The van der Waals surface area contributed by atoms with Gasteiger partial charge in [-0.1, -0.05) is 26.0 Å². The summed E-state index contributed by atoms with van der Waals surface area (Å²) in [6.45, 7) is 6.05. The summed E-state index contributed by atoms with van der Waals surface area (Å²) in [5.41, 5.74) is 8.04. The molecule has 0 saturated heterocycles. The Bertz CT molecular complexity index is 397. The first-order valence-electron chi connectivity index (χ1n) is 5.43. The number of ether oxygens (including phenoxy) is 1. The lowest BCUT2D eigenvalue weighted by Crippen LogP contribution is -2.17. The van der Waals surface area contributed by atoms with Gasteiger partial charge < -0.3 is 10.5 Å². The van der Waals surface area contributed by atoms with E-state index in [0.717, 1.165) is 11.1 Å². The van der Waals surface area contributed by atoms with Crippen molar-refractivity contribution >= 4 is 5.78 Å². The number of methoxy groups -OCH3 is 1. The normalized spacial score (nSPS) is 10.6. The average molecular weight is 221 g/mol. The van der Waals surface area contributed by atoms with Gasteiger partial charge in [-0.25, -0.2) is 0 Å². The van der Waals surface area contributed by atoms with Gasteiger partial charge >= 0.3 is 0 Å². The van der Waals surface area contributed by atoms with E-state index in [1.807, 2.05) is 19.1 Å². The Morgan fingerprint density at radius 2 is 2.06 bits per heavy atom. The van der Waals surface area contributed by atoms with Crippen LogP contribution in [0, 0.1) is 6.92 Å². The summed E-state index contributed by atoms with van der Waals surface area (Å²) in [6, 6.07) is 3.95. The van der Waals surface area contributed by atoms with Crippen LogP contribution in [0.4, 0.5) is 0 Å². The third-order valence-corrected chi connectivity index (χ3v) is 2.68. The van der Waals surface area contributed by atoms with Crippen LogP contribution >= 0.6 is 0 Å². The fourth-order valence-corrected chi connectivity index (χ4v) is 1.84. The first-order chi connectivity index (χ1) is 7.52. The van der Waals surface area contributed by atoms with Crippen LogP contribution in [0.1, 0.15) is 41.3 Å². The van der Waals surface area contributed by atoms with Gasteiger partial charge in [0.2, 0.25) is 0 Å². The second-order valence-electron chi connectivity index (χ2n) is 4.16. The molecule has 3 heteroatoms. The van der Waals surface area contributed by atoms with E-state index in [4.69, 9.17) is 10.5 Å². The number of carbonyl (C=O) groups excluding carboxylic acids is 1. The summed E-state index contributed by atoms with van der Waals surface area (Å²) in [4.78, 5) is 11.9. The Morgan fingerprint density at radius 1 is 1.44 bits per heavy atom. The van der Waals surface area contributed by atoms with E-state index in [-0.39, 0.29) is 18.2 Å². The smallest absolute Gasteiger partial charge is 0.180 e. The van der Waals surface area contributed by atoms with Crippen LogP contribution in [0.15, 0.2) is 12.1 Å². The summed E-state index contributed by atoms with van der Waals surface area (Å²) in [5.74, 6) is 0.867. The molecular weight excluding hydrogens is 202 g/mol. The Hall–Kier alpha value is -1.35. The van der Waals surface area contributed by atoms with Gasteiger partial charge in [0, 0.05) is 0 Å². The van der Waals surface area contributed by atoms with Crippen LogP contribution in [0.3, 0.4) is 0 Å². The number of hydrogen-bond donors (Lipinski definition) is 1.